The van der Waals surface area contributed by atoms with Crippen LogP contribution >= 0.6 is 0 Å². The first-order valence-electron chi connectivity index (χ1n) is 16.0. The van der Waals surface area contributed by atoms with Crippen LogP contribution in [0.25, 0.3) is 6.08 Å². The van der Waals surface area contributed by atoms with E-state index in [1.165, 1.54) is 0 Å². The van der Waals surface area contributed by atoms with Gasteiger partial charge in [0.15, 0.2) is 12.0 Å². The predicted octanol–water partition coefficient (Wildman–Crippen LogP) is 5.05. The molecule has 11 atom stereocenters. The molecule has 3 fully saturated rings. The zero-order chi connectivity index (χ0) is 32.5. The van der Waals surface area contributed by atoms with Crippen molar-refractivity contribution in [3.05, 3.63) is 59.4 Å². The molecular weight excluding hydrogens is 578 g/mol. The molecule has 45 heavy (non-hydrogen) atoms. The summed E-state index contributed by atoms with van der Waals surface area (Å²) in [5.41, 5.74) is 1.86. The molecule has 10 nitrogen and oxygen atoms in total. The molecule has 5 heterocycles. The molecule has 5 rings (SSSR count). The summed E-state index contributed by atoms with van der Waals surface area (Å²) < 4.78 is 34.7. The van der Waals surface area contributed by atoms with Crippen LogP contribution in [0.15, 0.2) is 52.2 Å². The molecule has 246 valence electrons. The van der Waals surface area contributed by atoms with Gasteiger partial charge >= 0.3 is 11.9 Å². The summed E-state index contributed by atoms with van der Waals surface area (Å²) in [6.45, 7) is 11.6. The van der Waals surface area contributed by atoms with Crippen LogP contribution in [0.3, 0.4) is 0 Å². The van der Waals surface area contributed by atoms with Crippen LogP contribution in [0.2, 0.25) is 0 Å². The van der Waals surface area contributed by atoms with Gasteiger partial charge in [-0.25, -0.2) is 9.78 Å². The molecule has 3 saturated heterocycles. The molecule has 0 aliphatic carbocycles. The number of esters is 2. The largest absolute Gasteiger partial charge is 0.462 e. The SMILES string of the molecule is CO[C@@H](C(C)=CC=CC(C)=Cc1coc(C)n1)[C@@H](C)[C@@H]1C[C@H](O)C2(C)O[C@@H]2C=C[C@@H](C)[C@H]2C[C@H](CC(=O)O2)C[C@H]2OC2C(=O)O1. The number of oxazole rings is 1. The van der Waals surface area contributed by atoms with Crippen molar-refractivity contribution in [2.75, 3.05) is 7.11 Å². The number of aromatic nitrogens is 1. The molecular formula is C35H47NO9. The highest BCUT2D eigenvalue weighted by Crippen LogP contribution is 2.44. The first-order chi connectivity index (χ1) is 21.4. The third-order valence-electron chi connectivity index (χ3n) is 9.63. The van der Waals surface area contributed by atoms with Crippen LogP contribution in [-0.4, -0.2) is 77.5 Å². The average molecular weight is 626 g/mol. The highest BCUT2D eigenvalue weighted by atomic mass is 16.6. The highest BCUT2D eigenvalue weighted by molar-refractivity contribution is 5.78. The molecule has 0 aromatic carbocycles. The number of hydrogen-bond acceptors (Lipinski definition) is 10. The van der Waals surface area contributed by atoms with E-state index in [-0.39, 0.29) is 48.5 Å². The molecule has 0 spiro atoms. The predicted molar refractivity (Wildman–Crippen MR) is 166 cm³/mol. The summed E-state index contributed by atoms with van der Waals surface area (Å²) >= 11 is 0. The number of fused-ring (bicyclic) bond motifs is 4. The fourth-order valence-electron chi connectivity index (χ4n) is 6.64. The maximum atomic E-state index is 13.4. The number of rotatable bonds is 7. The number of carbonyl (C=O) groups excluding carboxylic acids is 2. The highest BCUT2D eigenvalue weighted by Gasteiger charge is 2.57. The fourth-order valence-corrected chi connectivity index (χ4v) is 6.64. The van der Waals surface area contributed by atoms with Gasteiger partial charge in [-0.2, -0.15) is 0 Å². The molecule has 0 radical (unpaired) electrons. The van der Waals surface area contributed by atoms with E-state index in [0.717, 1.165) is 16.8 Å². The maximum absolute atomic E-state index is 13.4. The fraction of sp³-hybridized carbons (Fsp3) is 0.629. The van der Waals surface area contributed by atoms with E-state index in [0.29, 0.717) is 25.2 Å². The van der Waals surface area contributed by atoms with Crippen molar-refractivity contribution in [2.24, 2.45) is 17.8 Å². The number of allylic oxidation sites excluding steroid dienone is 4. The first kappa shape index (κ1) is 33.3. The van der Waals surface area contributed by atoms with Crippen LogP contribution in [0.4, 0.5) is 0 Å². The summed E-state index contributed by atoms with van der Waals surface area (Å²) in [5, 5.41) is 11.4. The van der Waals surface area contributed by atoms with Gasteiger partial charge in [-0.1, -0.05) is 44.2 Å². The topological polar surface area (TPSA) is 133 Å². The van der Waals surface area contributed by atoms with E-state index < -0.39 is 36.0 Å². The molecule has 4 aliphatic rings. The van der Waals surface area contributed by atoms with Crippen LogP contribution in [0, 0.1) is 24.7 Å². The smallest absolute Gasteiger partial charge is 0.338 e. The summed E-state index contributed by atoms with van der Waals surface area (Å²) in [6.07, 6.45) is 11.7. The maximum Gasteiger partial charge on any atom is 0.338 e. The monoisotopic (exact) mass is 625 g/mol. The van der Waals surface area contributed by atoms with Crippen molar-refractivity contribution in [3.8, 4) is 0 Å². The van der Waals surface area contributed by atoms with E-state index in [2.05, 4.69) is 4.98 Å². The van der Waals surface area contributed by atoms with Crippen LogP contribution in [0.5, 0.6) is 0 Å². The van der Waals surface area contributed by atoms with Gasteiger partial charge in [0, 0.05) is 38.7 Å². The molecule has 2 bridgehead atoms. The summed E-state index contributed by atoms with van der Waals surface area (Å²) in [5.74, 6) is -0.316. The van der Waals surface area contributed by atoms with E-state index in [1.54, 1.807) is 20.3 Å². The second-order valence-electron chi connectivity index (χ2n) is 13.3. The van der Waals surface area contributed by atoms with Crippen LogP contribution < -0.4 is 0 Å². The summed E-state index contributed by atoms with van der Waals surface area (Å²) in [4.78, 5) is 30.1. The van der Waals surface area contributed by atoms with E-state index >= 15 is 0 Å². The van der Waals surface area contributed by atoms with Crippen molar-refractivity contribution in [1.29, 1.82) is 0 Å². The lowest BCUT2D eigenvalue weighted by Gasteiger charge is -2.33. The zero-order valence-corrected chi connectivity index (χ0v) is 27.3. The van der Waals surface area contributed by atoms with Crippen molar-refractivity contribution < 1.29 is 42.8 Å². The van der Waals surface area contributed by atoms with Crippen molar-refractivity contribution in [3.63, 3.8) is 0 Å². The van der Waals surface area contributed by atoms with Crippen LogP contribution in [-0.2, 0) is 33.3 Å². The Balaban J connectivity index is 1.33. The molecule has 10 heteroatoms. The number of cyclic esters (lactones) is 1. The molecule has 1 aromatic rings. The van der Waals surface area contributed by atoms with Crippen molar-refractivity contribution >= 4 is 18.0 Å². The van der Waals surface area contributed by atoms with Gasteiger partial charge in [0.25, 0.3) is 0 Å². The molecule has 4 aliphatic heterocycles. The van der Waals surface area contributed by atoms with Gasteiger partial charge in [-0.15, -0.1) is 0 Å². The number of aliphatic hydroxyl groups is 1. The van der Waals surface area contributed by atoms with Gasteiger partial charge < -0.3 is 33.2 Å². The number of aliphatic hydroxyl groups excluding tert-OH is 1. The van der Waals surface area contributed by atoms with Gasteiger partial charge in [0.1, 0.15) is 35.9 Å². The van der Waals surface area contributed by atoms with Crippen LogP contribution in [0.1, 0.15) is 71.9 Å². The Kier molecular flexibility index (Phi) is 10.2. The Morgan fingerprint density at radius 1 is 1.16 bits per heavy atom. The summed E-state index contributed by atoms with van der Waals surface area (Å²) in [7, 11) is 1.63. The molecule has 1 N–H and O–H groups in total. The first-order valence-corrected chi connectivity index (χ1v) is 16.0. The minimum absolute atomic E-state index is 0.0130. The molecule has 0 amide bonds. The van der Waals surface area contributed by atoms with Gasteiger partial charge in [-0.3, -0.25) is 4.79 Å². The second kappa shape index (κ2) is 13.7. The van der Waals surface area contributed by atoms with Gasteiger partial charge in [0.05, 0.1) is 18.3 Å². The Hall–Kier alpha value is -3.05. The normalized spacial score (nSPS) is 37.3. The number of ether oxygens (including phenoxy) is 5. The van der Waals surface area contributed by atoms with Gasteiger partial charge in [0.2, 0.25) is 0 Å². The number of nitrogens with zero attached hydrogens (tertiary/aromatic N) is 1. The number of methoxy groups -OCH3 is 1. The number of epoxide rings is 2. The Morgan fingerprint density at radius 2 is 1.91 bits per heavy atom. The lowest BCUT2D eigenvalue weighted by molar-refractivity contribution is -0.159. The molecule has 0 saturated carbocycles. The Bertz CT molecular complexity index is 1360. The zero-order valence-electron chi connectivity index (χ0n) is 27.3. The van der Waals surface area contributed by atoms with E-state index in [4.69, 9.17) is 28.1 Å². The standard InChI is InChI=1S/C35H47NO9/c1-19(13-25-18-41-23(5)36-25)9-8-10-21(3)32(40-7)22(4)27-17-29(37)35(6)30(45-35)12-11-20(2)26-14-24(16-31(38)42-26)15-28-33(43-28)34(39)44-27/h8-13,18,20,22,24,26-30,32-33,37H,14-17H2,1-7H3/t20-,22+,24+,26-,27+,28-,29+,30-,32+,33?,35?/m1/s1. The quantitative estimate of drug-likeness (QED) is 0.190. The third kappa shape index (κ3) is 8.03. The second-order valence-corrected chi connectivity index (χ2v) is 13.3. The lowest BCUT2D eigenvalue weighted by Crippen LogP contribution is -2.42. The Labute approximate surface area is 265 Å². The minimum Gasteiger partial charge on any atom is -0.462 e. The third-order valence-corrected chi connectivity index (χ3v) is 9.63. The molecule has 2 unspecified atom stereocenters. The van der Waals surface area contributed by atoms with Crippen molar-refractivity contribution in [2.45, 2.75) is 116 Å². The average Bonchev–Trinajstić information content (AvgIpc) is 3.86. The number of carbonyl (C=O) groups is 2. The minimum atomic E-state index is -0.905. The Morgan fingerprint density at radius 3 is 2.62 bits per heavy atom. The lowest BCUT2D eigenvalue weighted by atomic mass is 9.84. The number of hydrogen-bond donors (Lipinski definition) is 1. The van der Waals surface area contributed by atoms with Crippen molar-refractivity contribution in [1.82, 2.24) is 4.98 Å². The van der Waals surface area contributed by atoms with E-state index in [9.17, 15) is 14.7 Å². The van der Waals surface area contributed by atoms with Gasteiger partial charge in [-0.05, 0) is 56.8 Å². The van der Waals surface area contributed by atoms with E-state index in [1.807, 2.05) is 71.1 Å². The summed E-state index contributed by atoms with van der Waals surface area (Å²) in [6, 6.07) is 0. The molecule has 1 aromatic heterocycles. The number of aryl methyl sites for hydroxylation is 1.